The first-order valence-electron chi connectivity index (χ1n) is 22.0. The first-order valence-corrected chi connectivity index (χ1v) is 22.0. The molecule has 0 aromatic rings. The molecular weight excluding hydrogens is 624 g/mol. The van der Waals surface area contributed by atoms with E-state index in [1.807, 2.05) is 0 Å². The van der Waals surface area contributed by atoms with Crippen LogP contribution in [0.4, 0.5) is 0 Å². The summed E-state index contributed by atoms with van der Waals surface area (Å²) in [4.78, 5) is 37.5. The minimum Gasteiger partial charge on any atom is -0.462 e. The average Bonchev–Trinajstić information content (AvgIpc) is 3.11. The number of carbonyl (C=O) groups is 3. The van der Waals surface area contributed by atoms with E-state index in [1.165, 1.54) is 148 Å². The van der Waals surface area contributed by atoms with Crippen LogP contribution in [0.25, 0.3) is 0 Å². The van der Waals surface area contributed by atoms with Crippen molar-refractivity contribution in [1.29, 1.82) is 0 Å². The predicted molar refractivity (Wildman–Crippen MR) is 210 cm³/mol. The summed E-state index contributed by atoms with van der Waals surface area (Å²) in [6.07, 6.45) is 39.5. The molecule has 0 saturated carbocycles. The third kappa shape index (κ3) is 37.7. The van der Waals surface area contributed by atoms with Gasteiger partial charge in [0.15, 0.2) is 6.10 Å². The molecule has 0 aliphatic heterocycles. The minimum atomic E-state index is -0.756. The van der Waals surface area contributed by atoms with E-state index in [0.29, 0.717) is 19.3 Å². The smallest absolute Gasteiger partial charge is 0.306 e. The molecule has 0 unspecified atom stereocenters. The lowest BCUT2D eigenvalue weighted by atomic mass is 10.0. The van der Waals surface area contributed by atoms with Crippen molar-refractivity contribution in [3.8, 4) is 0 Å². The molecule has 6 heteroatoms. The van der Waals surface area contributed by atoms with Crippen LogP contribution in [0.5, 0.6) is 0 Å². The van der Waals surface area contributed by atoms with Gasteiger partial charge < -0.3 is 14.2 Å². The van der Waals surface area contributed by atoms with Crippen LogP contribution in [-0.2, 0) is 28.6 Å². The van der Waals surface area contributed by atoms with Gasteiger partial charge in [0.25, 0.3) is 0 Å². The Morgan fingerprint density at radius 2 is 0.540 bits per heavy atom. The zero-order chi connectivity index (χ0) is 36.6. The van der Waals surface area contributed by atoms with Crippen molar-refractivity contribution in [3.63, 3.8) is 0 Å². The normalized spacial score (nSPS) is 11.8. The lowest BCUT2D eigenvalue weighted by Crippen LogP contribution is -2.30. The van der Waals surface area contributed by atoms with Gasteiger partial charge in [0.2, 0.25) is 0 Å². The second-order valence-corrected chi connectivity index (χ2v) is 15.0. The highest BCUT2D eigenvalue weighted by Gasteiger charge is 2.19. The van der Waals surface area contributed by atoms with Gasteiger partial charge >= 0.3 is 17.9 Å². The van der Waals surface area contributed by atoms with Gasteiger partial charge in [-0.15, -0.1) is 0 Å². The Balaban J connectivity index is 4.26. The van der Waals surface area contributed by atoms with Gasteiger partial charge in [0.05, 0.1) is 0 Å². The number of hydrogen-bond donors (Lipinski definition) is 0. The van der Waals surface area contributed by atoms with Gasteiger partial charge in [0, 0.05) is 19.3 Å². The molecule has 0 spiro atoms. The zero-order valence-electron chi connectivity index (χ0n) is 33.7. The molecule has 0 N–H and O–H groups in total. The number of esters is 3. The Kier molecular flexibility index (Phi) is 38.9. The van der Waals surface area contributed by atoms with Gasteiger partial charge in [-0.3, -0.25) is 14.4 Å². The van der Waals surface area contributed by atoms with E-state index in [2.05, 4.69) is 20.8 Å². The number of unbranched alkanes of at least 4 members (excludes halogenated alkanes) is 29. The molecule has 0 aromatic heterocycles. The summed E-state index contributed by atoms with van der Waals surface area (Å²) in [7, 11) is 0. The van der Waals surface area contributed by atoms with Crippen LogP contribution in [-0.4, -0.2) is 37.2 Å². The second-order valence-electron chi connectivity index (χ2n) is 15.0. The molecule has 0 fully saturated rings. The van der Waals surface area contributed by atoms with Gasteiger partial charge in [-0.1, -0.05) is 207 Å². The monoisotopic (exact) mass is 709 g/mol. The Bertz CT molecular complexity index is 738. The first kappa shape index (κ1) is 48.4. The molecule has 0 aromatic carbocycles. The zero-order valence-corrected chi connectivity index (χ0v) is 33.7. The lowest BCUT2D eigenvalue weighted by molar-refractivity contribution is -0.167. The molecule has 0 rings (SSSR count). The summed E-state index contributed by atoms with van der Waals surface area (Å²) >= 11 is 0. The van der Waals surface area contributed by atoms with Crippen molar-refractivity contribution in [2.24, 2.45) is 0 Å². The fraction of sp³-hybridized carbons (Fsp3) is 0.932. The molecule has 0 bridgehead atoms. The van der Waals surface area contributed by atoms with Gasteiger partial charge in [-0.05, 0) is 19.3 Å². The summed E-state index contributed by atoms with van der Waals surface area (Å²) < 4.78 is 16.6. The number of hydrogen-bond acceptors (Lipinski definition) is 6. The minimum absolute atomic E-state index is 0.0636. The largest absolute Gasteiger partial charge is 0.462 e. The molecule has 0 amide bonds. The van der Waals surface area contributed by atoms with Crippen LogP contribution in [0.15, 0.2) is 0 Å². The van der Waals surface area contributed by atoms with E-state index in [1.54, 1.807) is 0 Å². The maximum absolute atomic E-state index is 12.7. The number of carbonyl (C=O) groups excluding carboxylic acids is 3. The maximum atomic E-state index is 12.7. The van der Waals surface area contributed by atoms with Crippen molar-refractivity contribution in [2.75, 3.05) is 13.2 Å². The molecule has 0 radical (unpaired) electrons. The van der Waals surface area contributed by atoms with E-state index in [4.69, 9.17) is 14.2 Å². The van der Waals surface area contributed by atoms with Crippen LogP contribution in [0.3, 0.4) is 0 Å². The molecular formula is C44H84O6. The average molecular weight is 709 g/mol. The van der Waals surface area contributed by atoms with Crippen LogP contribution in [0, 0.1) is 0 Å². The van der Waals surface area contributed by atoms with E-state index in [9.17, 15) is 14.4 Å². The Labute approximate surface area is 310 Å². The van der Waals surface area contributed by atoms with Crippen molar-refractivity contribution >= 4 is 17.9 Å². The highest BCUT2D eigenvalue weighted by molar-refractivity contribution is 5.71. The van der Waals surface area contributed by atoms with Crippen molar-refractivity contribution in [3.05, 3.63) is 0 Å². The van der Waals surface area contributed by atoms with Gasteiger partial charge in [-0.2, -0.15) is 0 Å². The van der Waals surface area contributed by atoms with E-state index >= 15 is 0 Å². The molecule has 0 saturated heterocycles. The first-order chi connectivity index (χ1) is 24.5. The molecule has 50 heavy (non-hydrogen) atoms. The summed E-state index contributed by atoms with van der Waals surface area (Å²) in [6, 6.07) is 0. The van der Waals surface area contributed by atoms with Crippen molar-refractivity contribution < 1.29 is 28.6 Å². The van der Waals surface area contributed by atoms with E-state index in [0.717, 1.165) is 57.8 Å². The summed E-state index contributed by atoms with van der Waals surface area (Å²) in [6.45, 7) is 6.60. The van der Waals surface area contributed by atoms with Crippen LogP contribution < -0.4 is 0 Å². The molecule has 0 heterocycles. The fourth-order valence-corrected chi connectivity index (χ4v) is 6.50. The van der Waals surface area contributed by atoms with Crippen LogP contribution in [0.1, 0.15) is 245 Å². The fourth-order valence-electron chi connectivity index (χ4n) is 6.50. The Morgan fingerprint density at radius 1 is 0.320 bits per heavy atom. The third-order valence-corrected chi connectivity index (χ3v) is 9.86. The summed E-state index contributed by atoms with van der Waals surface area (Å²) in [5, 5.41) is 0. The Hall–Kier alpha value is -1.59. The highest BCUT2D eigenvalue weighted by atomic mass is 16.6. The standard InChI is InChI=1S/C44H84O6/c1-4-7-10-13-16-18-20-21-22-23-24-26-29-32-35-38-44(47)50-41(39-48-42(45)36-33-30-27-15-12-9-6-3)40-49-43(46)37-34-31-28-25-19-17-14-11-8-5-2/h41H,4-40H2,1-3H3/t41-/m1/s1. The topological polar surface area (TPSA) is 78.9 Å². The molecule has 296 valence electrons. The summed E-state index contributed by atoms with van der Waals surface area (Å²) in [5.41, 5.74) is 0. The number of ether oxygens (including phenoxy) is 3. The summed E-state index contributed by atoms with van der Waals surface area (Å²) in [5.74, 6) is -0.861. The maximum Gasteiger partial charge on any atom is 0.306 e. The van der Waals surface area contributed by atoms with Crippen LogP contribution >= 0.6 is 0 Å². The molecule has 0 aliphatic carbocycles. The van der Waals surface area contributed by atoms with E-state index < -0.39 is 6.10 Å². The van der Waals surface area contributed by atoms with E-state index in [-0.39, 0.29) is 31.1 Å². The molecule has 1 atom stereocenters. The van der Waals surface area contributed by atoms with Crippen molar-refractivity contribution in [2.45, 2.75) is 252 Å². The lowest BCUT2D eigenvalue weighted by Gasteiger charge is -2.18. The molecule has 0 aliphatic rings. The van der Waals surface area contributed by atoms with Gasteiger partial charge in [0.1, 0.15) is 13.2 Å². The third-order valence-electron chi connectivity index (χ3n) is 9.86. The quantitative estimate of drug-likeness (QED) is 0.0358. The molecule has 6 nitrogen and oxygen atoms in total. The highest BCUT2D eigenvalue weighted by Crippen LogP contribution is 2.15. The van der Waals surface area contributed by atoms with Gasteiger partial charge in [-0.25, -0.2) is 0 Å². The number of rotatable bonds is 40. The van der Waals surface area contributed by atoms with Crippen molar-refractivity contribution in [1.82, 2.24) is 0 Å². The Morgan fingerprint density at radius 3 is 0.800 bits per heavy atom. The van der Waals surface area contributed by atoms with Crippen LogP contribution in [0.2, 0.25) is 0 Å². The second kappa shape index (κ2) is 40.2. The predicted octanol–water partition coefficient (Wildman–Crippen LogP) is 13.7. The SMILES string of the molecule is CCCCCCCCCCCCCCCCCC(=O)O[C@H](COC(=O)CCCCCCCCC)COC(=O)CCCCCCCCCCCC.